The van der Waals surface area contributed by atoms with Gasteiger partial charge < -0.3 is 14.7 Å². The summed E-state index contributed by atoms with van der Waals surface area (Å²) < 4.78 is 28.5. The lowest BCUT2D eigenvalue weighted by atomic mass is 10.0. The van der Waals surface area contributed by atoms with Crippen molar-refractivity contribution in [2.75, 3.05) is 13.2 Å². The van der Waals surface area contributed by atoms with Crippen LogP contribution in [-0.2, 0) is 25.5 Å². The molecule has 3 atom stereocenters. The van der Waals surface area contributed by atoms with Gasteiger partial charge in [0, 0.05) is 10.7 Å². The lowest BCUT2D eigenvalue weighted by Gasteiger charge is -2.27. The number of aliphatic carboxylic acids is 1. The zero-order valence-electron chi connectivity index (χ0n) is 18.4. The first-order chi connectivity index (χ1) is 14.1. The van der Waals surface area contributed by atoms with Gasteiger partial charge in [-0.3, -0.25) is 14.9 Å². The number of esters is 1. The van der Waals surface area contributed by atoms with Crippen molar-refractivity contribution >= 4 is 17.8 Å². The minimum absolute atomic E-state index is 0.113. The summed E-state index contributed by atoms with van der Waals surface area (Å²) in [6.45, 7) is -0.847. The minimum Gasteiger partial charge on any atom is -0.480 e. The molecule has 1 saturated heterocycles. The summed E-state index contributed by atoms with van der Waals surface area (Å²) >= 11 is 0. The molecule has 0 aliphatic carbocycles. The van der Waals surface area contributed by atoms with Gasteiger partial charge in [-0.05, 0) is 45.0 Å². The van der Waals surface area contributed by atoms with Crippen LogP contribution in [0.15, 0.2) is 30.3 Å². The minimum atomic E-state index is -2.76. The van der Waals surface area contributed by atoms with Crippen molar-refractivity contribution in [3.05, 3.63) is 35.9 Å². The molecule has 148 valence electrons. The number of nitrogens with zero attached hydrogens (tertiary/aromatic N) is 1. The summed E-state index contributed by atoms with van der Waals surface area (Å²) in [7, 11) is 0. The van der Waals surface area contributed by atoms with E-state index in [2.05, 4.69) is 5.32 Å². The Kier molecular flexibility index (Phi) is 6.24. The molecule has 0 radical (unpaired) electrons. The maximum atomic E-state index is 13.0. The number of likely N-dealkylation sites (tertiary alicyclic amines) is 1. The summed E-state index contributed by atoms with van der Waals surface area (Å²) in [5.74, 6) is -2.66. The molecular weight excluding hydrogens is 348 g/mol. The molecule has 0 bridgehead atoms. The summed E-state index contributed by atoms with van der Waals surface area (Å²) in [4.78, 5) is 38.0. The predicted octanol–water partition coefficient (Wildman–Crippen LogP) is 1.60. The lowest BCUT2D eigenvalue weighted by Crippen LogP contribution is -2.53. The number of carbonyl (C=O) groups excluding carboxylic acids is 2. The molecule has 1 aliphatic rings. The smallest absolute Gasteiger partial charge is 0.326 e. The normalized spacial score (nSPS) is 20.9. The summed E-state index contributed by atoms with van der Waals surface area (Å²) in [6.07, 6.45) is 1.45. The van der Waals surface area contributed by atoms with E-state index in [1.54, 1.807) is 6.92 Å². The fraction of sp³-hybridized carbons (Fsp3) is 0.550. The quantitative estimate of drug-likeness (QED) is 0.633. The maximum Gasteiger partial charge on any atom is 0.326 e. The van der Waals surface area contributed by atoms with Gasteiger partial charge in [-0.2, -0.15) is 0 Å². The molecule has 1 heterocycles. The van der Waals surface area contributed by atoms with Crippen molar-refractivity contribution in [2.24, 2.45) is 0 Å². The van der Waals surface area contributed by atoms with Crippen LogP contribution in [0.25, 0.3) is 0 Å². The van der Waals surface area contributed by atoms with E-state index in [1.807, 2.05) is 30.3 Å². The van der Waals surface area contributed by atoms with Gasteiger partial charge in [0.05, 0.1) is 12.6 Å². The highest BCUT2D eigenvalue weighted by atomic mass is 16.5. The van der Waals surface area contributed by atoms with Crippen molar-refractivity contribution < 1.29 is 28.3 Å². The Morgan fingerprint density at radius 2 is 2.11 bits per heavy atom. The number of ether oxygens (including phenoxy) is 1. The zero-order valence-corrected chi connectivity index (χ0v) is 15.4. The van der Waals surface area contributed by atoms with Crippen LogP contribution in [0.5, 0.6) is 0 Å². The number of rotatable bonds is 9. The molecule has 2 rings (SSSR count). The third-order valence-corrected chi connectivity index (χ3v) is 4.57. The number of benzene rings is 1. The molecule has 0 unspecified atom stereocenters. The molecule has 0 spiro atoms. The van der Waals surface area contributed by atoms with E-state index in [0.717, 1.165) is 10.5 Å². The summed E-state index contributed by atoms with van der Waals surface area (Å²) in [5.41, 5.74) is 0.954. The lowest BCUT2D eigenvalue weighted by molar-refractivity contribution is -0.150. The Hall–Kier alpha value is -2.41. The van der Waals surface area contributed by atoms with E-state index >= 15 is 0 Å². The molecule has 1 fully saturated rings. The second kappa shape index (κ2) is 10.1. The van der Waals surface area contributed by atoms with Crippen molar-refractivity contribution in [1.29, 1.82) is 0 Å². The third kappa shape index (κ3) is 5.79. The van der Waals surface area contributed by atoms with E-state index in [9.17, 15) is 19.5 Å². The van der Waals surface area contributed by atoms with Crippen LogP contribution in [-0.4, -0.2) is 59.1 Å². The molecule has 1 aromatic rings. The van der Waals surface area contributed by atoms with Gasteiger partial charge in [-0.25, -0.2) is 4.79 Å². The van der Waals surface area contributed by atoms with Gasteiger partial charge in [0.1, 0.15) is 12.1 Å². The van der Waals surface area contributed by atoms with Crippen molar-refractivity contribution in [3.63, 3.8) is 0 Å². The number of carboxylic acids is 1. The fourth-order valence-corrected chi connectivity index (χ4v) is 3.19. The molecule has 7 heteroatoms. The van der Waals surface area contributed by atoms with Crippen LogP contribution in [0.3, 0.4) is 0 Å². The Balaban J connectivity index is 2.21. The number of nitrogens with one attached hydrogen (secondary N) is 1. The predicted molar refractivity (Wildman–Crippen MR) is 100 cm³/mol. The first-order valence-electron chi connectivity index (χ1n) is 10.6. The summed E-state index contributed by atoms with van der Waals surface area (Å²) in [6, 6.07) is 5.56. The largest absolute Gasteiger partial charge is 0.480 e. The van der Waals surface area contributed by atoms with Crippen molar-refractivity contribution in [3.8, 4) is 0 Å². The first kappa shape index (κ1) is 16.7. The zero-order chi connectivity index (χ0) is 22.3. The first-order valence-corrected chi connectivity index (χ1v) is 9.15. The van der Waals surface area contributed by atoms with Gasteiger partial charge >= 0.3 is 11.9 Å². The molecule has 0 saturated carbocycles. The summed E-state index contributed by atoms with van der Waals surface area (Å²) in [5, 5.41) is 12.0. The van der Waals surface area contributed by atoms with Gasteiger partial charge in [-0.1, -0.05) is 30.3 Å². The number of amides is 1. The van der Waals surface area contributed by atoms with Gasteiger partial charge in [0.2, 0.25) is 5.91 Å². The van der Waals surface area contributed by atoms with Crippen LogP contribution in [0.2, 0.25) is 0 Å². The third-order valence-electron chi connectivity index (χ3n) is 4.57. The Labute approximate surface area is 163 Å². The standard InChI is InChI=1S/C20H28N2O5/c1-3-27-20(26)16(12-11-15-8-5-4-6-9-15)21-14(2)18(23)22-13-7-10-17(22)19(24)25/h4-6,8-9,14,16-17,21H,3,7,10-13H2,1-2H3,(H,24,25)/t14-,16+,17-/m0/s1/i2D3. The van der Waals surface area contributed by atoms with Crippen LogP contribution in [0.1, 0.15) is 42.7 Å². The molecule has 0 aromatic heterocycles. The van der Waals surface area contributed by atoms with Crippen molar-refractivity contribution in [2.45, 2.75) is 57.6 Å². The van der Waals surface area contributed by atoms with E-state index in [0.29, 0.717) is 12.8 Å². The van der Waals surface area contributed by atoms with Gasteiger partial charge in [-0.15, -0.1) is 0 Å². The number of aryl methyl sites for hydroxylation is 1. The van der Waals surface area contributed by atoms with Crippen LogP contribution in [0, 0.1) is 0 Å². The average Bonchev–Trinajstić information content (AvgIpc) is 3.18. The molecule has 1 aromatic carbocycles. The number of hydrogen-bond acceptors (Lipinski definition) is 5. The van der Waals surface area contributed by atoms with Crippen molar-refractivity contribution in [1.82, 2.24) is 10.2 Å². The highest BCUT2D eigenvalue weighted by molar-refractivity contribution is 5.88. The molecule has 1 aliphatic heterocycles. The molecule has 1 amide bonds. The topological polar surface area (TPSA) is 95.9 Å². The number of hydrogen-bond donors (Lipinski definition) is 2. The Morgan fingerprint density at radius 3 is 2.74 bits per heavy atom. The Morgan fingerprint density at radius 1 is 1.37 bits per heavy atom. The fourth-order valence-electron chi connectivity index (χ4n) is 3.19. The second-order valence-electron chi connectivity index (χ2n) is 6.46. The highest BCUT2D eigenvalue weighted by Gasteiger charge is 2.36. The van der Waals surface area contributed by atoms with Crippen LogP contribution < -0.4 is 5.32 Å². The van der Waals surface area contributed by atoms with Crippen LogP contribution >= 0.6 is 0 Å². The maximum absolute atomic E-state index is 13.0. The van der Waals surface area contributed by atoms with Gasteiger partial charge in [0.15, 0.2) is 0 Å². The van der Waals surface area contributed by atoms with Crippen LogP contribution in [0.4, 0.5) is 0 Å². The monoisotopic (exact) mass is 379 g/mol. The molecule has 7 nitrogen and oxygen atoms in total. The average molecular weight is 379 g/mol. The second-order valence-corrected chi connectivity index (χ2v) is 6.46. The Bertz CT molecular complexity index is 742. The number of carbonyl (C=O) groups is 3. The van der Waals surface area contributed by atoms with Gasteiger partial charge in [0.25, 0.3) is 0 Å². The molecular formula is C20H28N2O5. The molecule has 27 heavy (non-hydrogen) atoms. The number of carboxylic acid groups (broad SMARTS) is 1. The van der Waals surface area contributed by atoms with E-state index in [4.69, 9.17) is 8.85 Å². The van der Waals surface area contributed by atoms with E-state index in [-0.39, 0.29) is 26.0 Å². The van der Waals surface area contributed by atoms with E-state index < -0.39 is 42.8 Å². The molecule has 2 N–H and O–H groups in total. The van der Waals surface area contributed by atoms with E-state index in [1.165, 1.54) is 0 Å². The SMILES string of the molecule is [2H]C([2H])([2H])[C@H](N[C@H](CCc1ccccc1)C(=O)OCC)C(=O)N1CCC[C@H]1C(=O)O. The highest BCUT2D eigenvalue weighted by Crippen LogP contribution is 2.19.